The molecule has 246 valence electrons. The molecule has 8 aromatic rings. The highest BCUT2D eigenvalue weighted by molar-refractivity contribution is 5.97. The first-order valence-corrected chi connectivity index (χ1v) is 18.1. The topological polar surface area (TPSA) is 6.48 Å². The summed E-state index contributed by atoms with van der Waals surface area (Å²) in [6.07, 6.45) is 9.26. The standard InChI is InChI=1S/C50H36N2/c1-3-17-41(18-4-1)51(47-33-27-39-13-7-11-37-15-9-21-45(47)49(37)39)43-29-23-35(24-30-43)36-25-31-44(32-26-36)52(42-19-5-2-6-20-42)48-34-28-40-14-8-12-38-16-10-22-46(48)50(38)40/h1-34,47-48H. The van der Waals surface area contributed by atoms with Crippen LogP contribution in [0.3, 0.4) is 0 Å². The molecule has 2 aliphatic rings. The van der Waals surface area contributed by atoms with E-state index in [1.54, 1.807) is 0 Å². The predicted molar refractivity (Wildman–Crippen MR) is 220 cm³/mol. The zero-order valence-electron chi connectivity index (χ0n) is 28.7. The van der Waals surface area contributed by atoms with Gasteiger partial charge in [0.15, 0.2) is 0 Å². The van der Waals surface area contributed by atoms with Gasteiger partial charge in [0.05, 0.1) is 12.1 Å². The summed E-state index contributed by atoms with van der Waals surface area (Å²) in [7, 11) is 0. The highest BCUT2D eigenvalue weighted by Gasteiger charge is 2.27. The minimum Gasteiger partial charge on any atom is -0.330 e. The number of rotatable bonds is 7. The Morgan fingerprint density at radius 3 is 1.08 bits per heavy atom. The molecule has 52 heavy (non-hydrogen) atoms. The molecule has 0 saturated carbocycles. The lowest BCUT2D eigenvalue weighted by Gasteiger charge is -2.35. The molecule has 2 unspecified atom stereocenters. The van der Waals surface area contributed by atoms with Crippen molar-refractivity contribution in [3.63, 3.8) is 0 Å². The van der Waals surface area contributed by atoms with E-state index in [0.717, 1.165) is 11.4 Å². The SMILES string of the molecule is C1=CC(N(c2ccccc2)c2ccc(-c3ccc(N(c4ccccc4)C4C=Cc5cccc6cccc4c56)cc3)cc2)c2cccc3cccc1c23. The van der Waals surface area contributed by atoms with Gasteiger partial charge in [-0.3, -0.25) is 0 Å². The first kappa shape index (κ1) is 30.2. The van der Waals surface area contributed by atoms with Crippen LogP contribution in [0, 0.1) is 0 Å². The van der Waals surface area contributed by atoms with Crippen molar-refractivity contribution in [2.45, 2.75) is 12.1 Å². The third-order valence-corrected chi connectivity index (χ3v) is 10.7. The number of hydrogen-bond acceptors (Lipinski definition) is 2. The number of nitrogens with zero attached hydrogens (tertiary/aromatic N) is 2. The van der Waals surface area contributed by atoms with Gasteiger partial charge >= 0.3 is 0 Å². The second-order valence-electron chi connectivity index (χ2n) is 13.7. The maximum Gasteiger partial charge on any atom is 0.0785 e. The normalized spacial score (nSPS) is 15.5. The Morgan fingerprint density at radius 1 is 0.308 bits per heavy atom. The van der Waals surface area contributed by atoms with Gasteiger partial charge in [-0.15, -0.1) is 0 Å². The van der Waals surface area contributed by atoms with Gasteiger partial charge in [-0.2, -0.15) is 0 Å². The fraction of sp³-hybridized carbons (Fsp3) is 0.0400. The molecule has 0 aromatic heterocycles. The molecule has 10 rings (SSSR count). The lowest BCUT2D eigenvalue weighted by molar-refractivity contribution is 0.858. The molecule has 0 aliphatic heterocycles. The van der Waals surface area contributed by atoms with E-state index in [-0.39, 0.29) is 12.1 Å². The molecule has 2 nitrogen and oxygen atoms in total. The quantitative estimate of drug-likeness (QED) is 0.167. The van der Waals surface area contributed by atoms with Crippen molar-refractivity contribution in [1.82, 2.24) is 0 Å². The Bertz CT molecular complexity index is 2420. The summed E-state index contributed by atoms with van der Waals surface area (Å²) in [6.45, 7) is 0. The van der Waals surface area contributed by atoms with Crippen molar-refractivity contribution in [2.75, 3.05) is 9.80 Å². The van der Waals surface area contributed by atoms with Crippen LogP contribution >= 0.6 is 0 Å². The van der Waals surface area contributed by atoms with Gasteiger partial charge in [0.25, 0.3) is 0 Å². The van der Waals surface area contributed by atoms with Crippen molar-refractivity contribution in [1.29, 1.82) is 0 Å². The van der Waals surface area contributed by atoms with E-state index in [1.165, 1.54) is 66.3 Å². The highest BCUT2D eigenvalue weighted by Crippen LogP contribution is 2.45. The third kappa shape index (κ3) is 5.11. The van der Waals surface area contributed by atoms with Crippen LogP contribution in [-0.2, 0) is 0 Å². The van der Waals surface area contributed by atoms with E-state index in [1.807, 2.05) is 0 Å². The molecule has 0 spiro atoms. The molecule has 0 saturated heterocycles. The predicted octanol–water partition coefficient (Wildman–Crippen LogP) is 13.5. The second kappa shape index (κ2) is 12.6. The molecule has 0 N–H and O–H groups in total. The van der Waals surface area contributed by atoms with Crippen LogP contribution in [0.1, 0.15) is 34.3 Å². The summed E-state index contributed by atoms with van der Waals surface area (Å²) >= 11 is 0. The van der Waals surface area contributed by atoms with Gasteiger partial charge in [-0.05, 0) is 103 Å². The second-order valence-corrected chi connectivity index (χ2v) is 13.7. The molecule has 0 fully saturated rings. The Hall–Kier alpha value is -6.64. The largest absolute Gasteiger partial charge is 0.330 e. The van der Waals surface area contributed by atoms with Crippen molar-refractivity contribution in [3.8, 4) is 11.1 Å². The lowest BCUT2D eigenvalue weighted by atomic mass is 9.88. The van der Waals surface area contributed by atoms with E-state index in [0.29, 0.717) is 0 Å². The molecule has 0 amide bonds. The minimum atomic E-state index is 0.0711. The van der Waals surface area contributed by atoms with Crippen molar-refractivity contribution in [3.05, 3.63) is 216 Å². The van der Waals surface area contributed by atoms with E-state index in [4.69, 9.17) is 0 Å². The maximum atomic E-state index is 2.46. The Kier molecular flexibility index (Phi) is 7.32. The first-order chi connectivity index (χ1) is 25.8. The molecule has 0 radical (unpaired) electrons. The zero-order chi connectivity index (χ0) is 34.4. The van der Waals surface area contributed by atoms with E-state index in [9.17, 15) is 0 Å². The van der Waals surface area contributed by atoms with E-state index in [2.05, 4.69) is 216 Å². The molecule has 2 heteroatoms. The molecule has 2 atom stereocenters. The fourth-order valence-electron chi connectivity index (χ4n) is 8.36. The van der Waals surface area contributed by atoms with Crippen LogP contribution in [0.4, 0.5) is 22.7 Å². The van der Waals surface area contributed by atoms with E-state index < -0.39 is 0 Å². The monoisotopic (exact) mass is 664 g/mol. The third-order valence-electron chi connectivity index (χ3n) is 10.7. The molecular weight excluding hydrogens is 629 g/mol. The van der Waals surface area contributed by atoms with Crippen LogP contribution in [0.5, 0.6) is 0 Å². The number of benzene rings is 8. The zero-order valence-corrected chi connectivity index (χ0v) is 28.7. The molecule has 2 aliphatic carbocycles. The average Bonchev–Trinajstić information content (AvgIpc) is 3.21. The molecule has 0 heterocycles. The van der Waals surface area contributed by atoms with E-state index >= 15 is 0 Å². The number of hydrogen-bond donors (Lipinski definition) is 0. The lowest BCUT2D eigenvalue weighted by Crippen LogP contribution is -2.24. The maximum absolute atomic E-state index is 2.46. The van der Waals surface area contributed by atoms with Crippen LogP contribution in [0.15, 0.2) is 194 Å². The average molecular weight is 665 g/mol. The van der Waals surface area contributed by atoms with Gasteiger partial charge < -0.3 is 9.80 Å². The summed E-state index contributed by atoms with van der Waals surface area (Å²) in [5.41, 5.74) is 12.3. The van der Waals surface area contributed by atoms with Crippen molar-refractivity contribution < 1.29 is 0 Å². The fourth-order valence-corrected chi connectivity index (χ4v) is 8.36. The Balaban J connectivity index is 1.000. The summed E-state index contributed by atoms with van der Waals surface area (Å²) in [5.74, 6) is 0. The Labute approximate surface area is 304 Å². The van der Waals surface area contributed by atoms with Gasteiger partial charge in [0, 0.05) is 22.7 Å². The van der Waals surface area contributed by atoms with Crippen LogP contribution in [0.25, 0.3) is 44.8 Å². The van der Waals surface area contributed by atoms with Crippen LogP contribution in [-0.4, -0.2) is 0 Å². The van der Waals surface area contributed by atoms with Gasteiger partial charge in [0.2, 0.25) is 0 Å². The Morgan fingerprint density at radius 2 is 0.673 bits per heavy atom. The molecule has 0 bridgehead atoms. The molecule has 8 aromatic carbocycles. The minimum absolute atomic E-state index is 0.0711. The summed E-state index contributed by atoms with van der Waals surface area (Å²) in [6, 6.07) is 66.3. The van der Waals surface area contributed by atoms with Crippen LogP contribution in [0.2, 0.25) is 0 Å². The summed E-state index contributed by atoms with van der Waals surface area (Å²) in [5, 5.41) is 5.24. The van der Waals surface area contributed by atoms with Crippen molar-refractivity contribution in [2.24, 2.45) is 0 Å². The van der Waals surface area contributed by atoms with Crippen LogP contribution < -0.4 is 9.80 Å². The number of para-hydroxylation sites is 2. The summed E-state index contributed by atoms with van der Waals surface area (Å²) in [4.78, 5) is 4.92. The van der Waals surface area contributed by atoms with Crippen molar-refractivity contribution >= 4 is 56.4 Å². The van der Waals surface area contributed by atoms with Gasteiger partial charge in [-0.1, -0.05) is 158 Å². The van der Waals surface area contributed by atoms with Gasteiger partial charge in [0.1, 0.15) is 0 Å². The number of anilines is 4. The highest BCUT2D eigenvalue weighted by atomic mass is 15.2. The first-order valence-electron chi connectivity index (χ1n) is 18.1. The molecular formula is C50H36N2. The smallest absolute Gasteiger partial charge is 0.0785 e. The van der Waals surface area contributed by atoms with Gasteiger partial charge in [-0.25, -0.2) is 0 Å². The summed E-state index contributed by atoms with van der Waals surface area (Å²) < 4.78 is 0.